The lowest BCUT2D eigenvalue weighted by molar-refractivity contribution is 0.1000. The van der Waals surface area contributed by atoms with Crippen LogP contribution in [0.3, 0.4) is 0 Å². The molecule has 0 aromatic carbocycles. The minimum atomic E-state index is -3.94. The number of nitrogens with one attached hydrogen (secondary N) is 1. The van der Waals surface area contributed by atoms with Crippen molar-refractivity contribution in [2.75, 3.05) is 19.0 Å². The van der Waals surface area contributed by atoms with E-state index in [1.54, 1.807) is 19.2 Å². The average molecular weight is 410 g/mol. The number of carbonyl (C=O) groups is 1. The van der Waals surface area contributed by atoms with E-state index >= 15 is 0 Å². The zero-order chi connectivity index (χ0) is 20.1. The standard InChI is InChI=1S/C17H22N4O6S/c1-25-9-13-4-5-15(27-13)16(22)14-7-19-10-20-17(14)21-12-3-2-11(6-12)8-26-28(18,23)24/h4-5,7,10-12H,2-3,6,8-9H2,1H3,(H2,18,23,24)(H,19,20,21)/t11-,12+/m1/s1. The van der Waals surface area contributed by atoms with E-state index in [4.69, 9.17) is 14.3 Å². The van der Waals surface area contributed by atoms with Gasteiger partial charge in [-0.3, -0.25) is 8.98 Å². The summed E-state index contributed by atoms with van der Waals surface area (Å²) in [5.74, 6) is 0.847. The molecule has 28 heavy (non-hydrogen) atoms. The van der Waals surface area contributed by atoms with Crippen LogP contribution in [0.25, 0.3) is 0 Å². The molecule has 11 heteroatoms. The maximum atomic E-state index is 12.8. The van der Waals surface area contributed by atoms with Crippen molar-refractivity contribution in [2.45, 2.75) is 31.9 Å². The molecule has 3 N–H and O–H groups in total. The molecule has 0 unspecified atom stereocenters. The van der Waals surface area contributed by atoms with Crippen molar-refractivity contribution in [3.8, 4) is 0 Å². The highest BCUT2D eigenvalue weighted by Gasteiger charge is 2.28. The fourth-order valence-electron chi connectivity index (χ4n) is 3.21. The van der Waals surface area contributed by atoms with Crippen LogP contribution in [0.4, 0.5) is 5.82 Å². The number of hydrogen-bond acceptors (Lipinski definition) is 9. The number of ketones is 1. The van der Waals surface area contributed by atoms with Gasteiger partial charge in [0.25, 0.3) is 0 Å². The molecule has 10 nitrogen and oxygen atoms in total. The van der Waals surface area contributed by atoms with E-state index in [-0.39, 0.29) is 36.7 Å². The van der Waals surface area contributed by atoms with E-state index in [0.29, 0.717) is 23.6 Å². The second kappa shape index (κ2) is 8.78. The number of hydrogen-bond donors (Lipinski definition) is 2. The molecule has 1 saturated carbocycles. The molecule has 0 amide bonds. The number of rotatable bonds is 9. The Hall–Kier alpha value is -2.34. The third kappa shape index (κ3) is 5.35. The first-order chi connectivity index (χ1) is 13.4. The predicted octanol–water partition coefficient (Wildman–Crippen LogP) is 1.25. The summed E-state index contributed by atoms with van der Waals surface area (Å²) >= 11 is 0. The molecule has 0 saturated heterocycles. The number of ether oxygens (including phenoxy) is 1. The molecule has 152 valence electrons. The topological polar surface area (TPSA) is 147 Å². The third-order valence-corrected chi connectivity index (χ3v) is 4.94. The van der Waals surface area contributed by atoms with Gasteiger partial charge in [0, 0.05) is 19.3 Å². The van der Waals surface area contributed by atoms with E-state index in [1.165, 1.54) is 12.5 Å². The number of methoxy groups -OCH3 is 1. The molecular formula is C17H22N4O6S. The molecule has 0 spiro atoms. The van der Waals surface area contributed by atoms with Gasteiger partial charge in [0.05, 0.1) is 12.2 Å². The number of furan rings is 1. The highest BCUT2D eigenvalue weighted by atomic mass is 32.2. The van der Waals surface area contributed by atoms with Crippen LogP contribution in [0, 0.1) is 5.92 Å². The van der Waals surface area contributed by atoms with Crippen LogP contribution < -0.4 is 10.5 Å². The molecule has 0 aliphatic heterocycles. The number of carbonyl (C=O) groups excluding carboxylic acids is 1. The van der Waals surface area contributed by atoms with Gasteiger partial charge in [0.1, 0.15) is 24.5 Å². The Labute approximate surface area is 162 Å². The van der Waals surface area contributed by atoms with Crippen LogP contribution in [0.2, 0.25) is 0 Å². The van der Waals surface area contributed by atoms with Crippen LogP contribution in [-0.2, 0) is 25.8 Å². The molecule has 2 aromatic rings. The lowest BCUT2D eigenvalue weighted by atomic mass is 10.1. The molecule has 1 aliphatic carbocycles. The zero-order valence-electron chi connectivity index (χ0n) is 15.3. The smallest absolute Gasteiger partial charge is 0.333 e. The second-order valence-electron chi connectivity index (χ2n) is 6.61. The maximum absolute atomic E-state index is 12.8. The van der Waals surface area contributed by atoms with Crippen molar-refractivity contribution in [1.29, 1.82) is 0 Å². The molecule has 0 bridgehead atoms. The van der Waals surface area contributed by atoms with Crippen LogP contribution in [0.5, 0.6) is 0 Å². The van der Waals surface area contributed by atoms with Gasteiger partial charge < -0.3 is 14.5 Å². The summed E-state index contributed by atoms with van der Waals surface area (Å²) in [7, 11) is -2.40. The predicted molar refractivity (Wildman–Crippen MR) is 98.7 cm³/mol. The minimum absolute atomic E-state index is 0.0242. The van der Waals surface area contributed by atoms with Crippen LogP contribution in [-0.4, -0.2) is 43.9 Å². The van der Waals surface area contributed by atoms with Crippen molar-refractivity contribution in [3.63, 3.8) is 0 Å². The molecule has 3 rings (SSSR count). The van der Waals surface area contributed by atoms with E-state index in [1.807, 2.05) is 0 Å². The van der Waals surface area contributed by atoms with Crippen molar-refractivity contribution < 1.29 is 26.5 Å². The van der Waals surface area contributed by atoms with Crippen molar-refractivity contribution >= 4 is 21.9 Å². The van der Waals surface area contributed by atoms with Crippen LogP contribution >= 0.6 is 0 Å². The SMILES string of the molecule is COCc1ccc(C(=O)c2cncnc2N[C@H]2CC[C@@H](COS(N)(=O)=O)C2)o1. The van der Waals surface area contributed by atoms with Crippen molar-refractivity contribution in [1.82, 2.24) is 9.97 Å². The maximum Gasteiger partial charge on any atom is 0.333 e. The van der Waals surface area contributed by atoms with Crippen molar-refractivity contribution in [3.05, 3.63) is 41.7 Å². The van der Waals surface area contributed by atoms with Crippen LogP contribution in [0.1, 0.15) is 41.1 Å². The number of aromatic nitrogens is 2. The Morgan fingerprint density at radius 1 is 1.39 bits per heavy atom. The Morgan fingerprint density at radius 3 is 2.96 bits per heavy atom. The quantitative estimate of drug-likeness (QED) is 0.583. The van der Waals surface area contributed by atoms with Gasteiger partial charge in [-0.15, -0.1) is 0 Å². The number of nitrogens with two attached hydrogens (primary N) is 1. The summed E-state index contributed by atoms with van der Waals surface area (Å²) in [5, 5.41) is 8.11. The van der Waals surface area contributed by atoms with E-state index in [9.17, 15) is 13.2 Å². The van der Waals surface area contributed by atoms with E-state index in [2.05, 4.69) is 19.5 Å². The Morgan fingerprint density at radius 2 is 2.21 bits per heavy atom. The highest BCUT2D eigenvalue weighted by molar-refractivity contribution is 7.84. The first kappa shape index (κ1) is 20.4. The Kier molecular flexibility index (Phi) is 6.39. The summed E-state index contributed by atoms with van der Waals surface area (Å²) in [6, 6.07) is 3.29. The van der Waals surface area contributed by atoms with Gasteiger partial charge in [-0.1, -0.05) is 0 Å². The Bertz CT molecular complexity index is 929. The molecule has 0 radical (unpaired) electrons. The number of nitrogens with zero attached hydrogens (tertiary/aromatic N) is 2. The first-order valence-electron chi connectivity index (χ1n) is 8.71. The molecule has 2 aromatic heterocycles. The summed E-state index contributed by atoms with van der Waals surface area (Å²) in [5.41, 5.74) is 0.296. The fraction of sp³-hybridized carbons (Fsp3) is 0.471. The van der Waals surface area contributed by atoms with E-state index in [0.717, 1.165) is 12.8 Å². The Balaban J connectivity index is 1.66. The summed E-state index contributed by atoms with van der Waals surface area (Å²) in [6.45, 7) is 0.314. The lowest BCUT2D eigenvalue weighted by Crippen LogP contribution is -2.22. The normalized spacial score (nSPS) is 19.6. The molecule has 1 fully saturated rings. The van der Waals surface area contributed by atoms with Gasteiger partial charge in [-0.2, -0.15) is 8.42 Å². The van der Waals surface area contributed by atoms with Gasteiger partial charge in [-0.25, -0.2) is 15.1 Å². The lowest BCUT2D eigenvalue weighted by Gasteiger charge is -2.15. The van der Waals surface area contributed by atoms with Crippen LogP contribution in [0.15, 0.2) is 29.1 Å². The van der Waals surface area contributed by atoms with Gasteiger partial charge in [0.15, 0.2) is 5.76 Å². The van der Waals surface area contributed by atoms with Crippen molar-refractivity contribution in [2.24, 2.45) is 11.1 Å². The highest BCUT2D eigenvalue weighted by Crippen LogP contribution is 2.29. The van der Waals surface area contributed by atoms with E-state index < -0.39 is 10.3 Å². The number of anilines is 1. The van der Waals surface area contributed by atoms with Gasteiger partial charge in [0.2, 0.25) is 5.78 Å². The zero-order valence-corrected chi connectivity index (χ0v) is 16.1. The minimum Gasteiger partial charge on any atom is -0.455 e. The summed E-state index contributed by atoms with van der Waals surface area (Å²) in [6.07, 6.45) is 5.03. The summed E-state index contributed by atoms with van der Waals surface area (Å²) < 4.78 is 37.0. The molecule has 2 atom stereocenters. The molecule has 1 aliphatic rings. The third-order valence-electron chi connectivity index (χ3n) is 4.48. The van der Waals surface area contributed by atoms with Gasteiger partial charge in [-0.05, 0) is 37.3 Å². The monoisotopic (exact) mass is 410 g/mol. The molecule has 2 heterocycles. The largest absolute Gasteiger partial charge is 0.455 e. The first-order valence-corrected chi connectivity index (χ1v) is 10.2. The van der Waals surface area contributed by atoms with Gasteiger partial charge >= 0.3 is 10.3 Å². The average Bonchev–Trinajstić information content (AvgIpc) is 3.29. The fourth-order valence-corrected chi connectivity index (χ4v) is 3.59. The second-order valence-corrected chi connectivity index (χ2v) is 7.83. The summed E-state index contributed by atoms with van der Waals surface area (Å²) in [4.78, 5) is 20.9. The molecular weight excluding hydrogens is 388 g/mol.